The highest BCUT2D eigenvalue weighted by molar-refractivity contribution is 5.79. The fourth-order valence-corrected chi connectivity index (χ4v) is 2.42. The molecule has 21 heavy (non-hydrogen) atoms. The number of hydrogen-bond donors (Lipinski definition) is 2. The van der Waals surface area contributed by atoms with Crippen molar-refractivity contribution in [3.63, 3.8) is 0 Å². The predicted octanol–water partition coefficient (Wildman–Crippen LogP) is 2.06. The summed E-state index contributed by atoms with van der Waals surface area (Å²) in [5.74, 6) is 0.623. The van der Waals surface area contributed by atoms with E-state index in [-0.39, 0.29) is 11.2 Å². The van der Waals surface area contributed by atoms with Gasteiger partial charge in [0.25, 0.3) is 0 Å². The van der Waals surface area contributed by atoms with Crippen molar-refractivity contribution >= 4 is 5.96 Å². The fourth-order valence-electron chi connectivity index (χ4n) is 2.42. The molecule has 0 saturated heterocycles. The van der Waals surface area contributed by atoms with Crippen molar-refractivity contribution in [2.45, 2.75) is 24.7 Å². The first-order valence-electron chi connectivity index (χ1n) is 7.40. The minimum absolute atomic E-state index is 0.137. The smallest absolute Gasteiger partial charge is 0.191 e. The molecule has 116 valence electrons. The van der Waals surface area contributed by atoms with Gasteiger partial charge >= 0.3 is 0 Å². The molecule has 0 radical (unpaired) electrons. The Morgan fingerprint density at radius 2 is 2.00 bits per heavy atom. The van der Waals surface area contributed by atoms with Crippen LogP contribution in [0.25, 0.3) is 0 Å². The van der Waals surface area contributed by atoms with E-state index in [0.29, 0.717) is 0 Å². The van der Waals surface area contributed by atoms with Crippen molar-refractivity contribution in [2.75, 3.05) is 33.9 Å². The molecule has 0 amide bonds. The second-order valence-electron chi connectivity index (χ2n) is 5.49. The molecule has 0 heterocycles. The third-order valence-corrected chi connectivity index (χ3v) is 3.95. The lowest BCUT2D eigenvalue weighted by molar-refractivity contribution is 0.195. The quantitative estimate of drug-likeness (QED) is 0.459. The molecule has 0 aliphatic heterocycles. The zero-order valence-electron chi connectivity index (χ0n) is 12.8. The predicted molar refractivity (Wildman–Crippen MR) is 83.2 cm³/mol. The molecule has 4 nitrogen and oxygen atoms in total. The Hall–Kier alpha value is -1.62. The van der Waals surface area contributed by atoms with Crippen LogP contribution in [0.1, 0.15) is 24.8 Å². The summed E-state index contributed by atoms with van der Waals surface area (Å²) in [4.78, 5) is 4.22. The molecule has 0 unspecified atom stereocenters. The number of methoxy groups -OCH3 is 1. The summed E-state index contributed by atoms with van der Waals surface area (Å²) < 4.78 is 18.0. The Morgan fingerprint density at radius 1 is 1.29 bits per heavy atom. The van der Waals surface area contributed by atoms with Crippen LogP contribution in [-0.4, -0.2) is 39.8 Å². The fraction of sp³-hybridized carbons (Fsp3) is 0.562. The van der Waals surface area contributed by atoms with Gasteiger partial charge in [-0.1, -0.05) is 12.1 Å². The van der Waals surface area contributed by atoms with Gasteiger partial charge in [-0.25, -0.2) is 4.39 Å². The molecule has 1 saturated carbocycles. The molecule has 2 N–H and O–H groups in total. The molecule has 1 aliphatic carbocycles. The van der Waals surface area contributed by atoms with E-state index < -0.39 is 0 Å². The van der Waals surface area contributed by atoms with Crippen molar-refractivity contribution < 1.29 is 9.13 Å². The molecule has 1 aromatic rings. The van der Waals surface area contributed by atoms with Gasteiger partial charge in [-0.2, -0.15) is 0 Å². The van der Waals surface area contributed by atoms with Crippen LogP contribution in [0.5, 0.6) is 0 Å². The van der Waals surface area contributed by atoms with Crippen LogP contribution >= 0.6 is 0 Å². The van der Waals surface area contributed by atoms with E-state index in [1.165, 1.54) is 17.7 Å². The number of nitrogens with one attached hydrogen (secondary N) is 2. The van der Waals surface area contributed by atoms with Gasteiger partial charge in [-0.05, 0) is 37.0 Å². The van der Waals surface area contributed by atoms with Crippen LogP contribution in [0, 0.1) is 5.82 Å². The third-order valence-electron chi connectivity index (χ3n) is 3.95. The number of nitrogens with zero attached hydrogens (tertiary/aromatic N) is 1. The minimum Gasteiger partial charge on any atom is -0.385 e. The van der Waals surface area contributed by atoms with Gasteiger partial charge in [0.05, 0.1) is 0 Å². The van der Waals surface area contributed by atoms with Crippen LogP contribution < -0.4 is 10.6 Å². The summed E-state index contributed by atoms with van der Waals surface area (Å²) >= 11 is 0. The summed E-state index contributed by atoms with van der Waals surface area (Å²) in [6.45, 7) is 2.39. The first-order chi connectivity index (χ1) is 10.2. The van der Waals surface area contributed by atoms with Gasteiger partial charge in [0, 0.05) is 39.3 Å². The summed E-state index contributed by atoms with van der Waals surface area (Å²) in [5, 5.41) is 6.63. The lowest BCUT2D eigenvalue weighted by atomic mass is 9.96. The van der Waals surface area contributed by atoms with Crippen molar-refractivity contribution in [1.82, 2.24) is 10.6 Å². The number of rotatable bonds is 7. The lowest BCUT2D eigenvalue weighted by Crippen LogP contribution is -2.41. The second kappa shape index (κ2) is 7.41. The van der Waals surface area contributed by atoms with Gasteiger partial charge < -0.3 is 15.4 Å². The summed E-state index contributed by atoms with van der Waals surface area (Å²) in [7, 11) is 3.47. The molecule has 1 aromatic carbocycles. The van der Waals surface area contributed by atoms with Crippen molar-refractivity contribution in [3.8, 4) is 0 Å². The van der Waals surface area contributed by atoms with Crippen LogP contribution in [0.4, 0.5) is 4.39 Å². The summed E-state index contributed by atoms with van der Waals surface area (Å²) in [6.07, 6.45) is 3.21. The molecule has 0 aromatic heterocycles. The first kappa shape index (κ1) is 15.8. The van der Waals surface area contributed by atoms with Gasteiger partial charge in [0.15, 0.2) is 5.96 Å². The number of guanidine groups is 1. The molecule has 0 spiro atoms. The standard InChI is InChI=1S/C16H24FN3O/c1-18-15(19-10-3-11-21-2)20-12-16(8-9-16)13-4-6-14(17)7-5-13/h4-7H,3,8-12H2,1-2H3,(H2,18,19,20). The average molecular weight is 293 g/mol. The Balaban J connectivity index is 1.82. The molecule has 1 aliphatic rings. The van der Waals surface area contributed by atoms with Crippen LogP contribution in [-0.2, 0) is 10.2 Å². The number of aliphatic imine (C=N–C) groups is 1. The maximum absolute atomic E-state index is 13.0. The summed E-state index contributed by atoms with van der Waals surface area (Å²) in [6, 6.07) is 6.85. The highest BCUT2D eigenvalue weighted by atomic mass is 19.1. The number of ether oxygens (including phenoxy) is 1. The third kappa shape index (κ3) is 4.43. The maximum atomic E-state index is 13.0. The Labute approximate surface area is 125 Å². The van der Waals surface area contributed by atoms with Gasteiger partial charge in [-0.15, -0.1) is 0 Å². The van der Waals surface area contributed by atoms with Crippen LogP contribution in [0.2, 0.25) is 0 Å². The highest BCUT2D eigenvalue weighted by Crippen LogP contribution is 2.47. The first-order valence-corrected chi connectivity index (χ1v) is 7.40. The zero-order chi connectivity index (χ0) is 15.1. The zero-order valence-corrected chi connectivity index (χ0v) is 12.8. The van der Waals surface area contributed by atoms with Gasteiger partial charge in [0.2, 0.25) is 0 Å². The van der Waals surface area contributed by atoms with Gasteiger partial charge in [-0.3, -0.25) is 4.99 Å². The van der Waals surface area contributed by atoms with Crippen molar-refractivity contribution in [3.05, 3.63) is 35.6 Å². The lowest BCUT2D eigenvalue weighted by Gasteiger charge is -2.19. The molecular formula is C16H24FN3O. The van der Waals surface area contributed by atoms with E-state index in [4.69, 9.17) is 4.74 Å². The molecular weight excluding hydrogens is 269 g/mol. The monoisotopic (exact) mass is 293 g/mol. The number of benzene rings is 1. The van der Waals surface area contributed by atoms with E-state index in [1.807, 2.05) is 12.1 Å². The molecule has 2 rings (SSSR count). The van der Waals surface area contributed by atoms with Crippen LogP contribution in [0.15, 0.2) is 29.3 Å². The van der Waals surface area contributed by atoms with Crippen molar-refractivity contribution in [1.29, 1.82) is 0 Å². The number of hydrogen-bond acceptors (Lipinski definition) is 2. The van der Waals surface area contributed by atoms with E-state index >= 15 is 0 Å². The van der Waals surface area contributed by atoms with Gasteiger partial charge in [0.1, 0.15) is 5.82 Å². The van der Waals surface area contributed by atoms with E-state index in [0.717, 1.165) is 44.9 Å². The minimum atomic E-state index is -0.182. The normalized spacial score (nSPS) is 16.6. The average Bonchev–Trinajstić information content (AvgIpc) is 3.28. The topological polar surface area (TPSA) is 45.7 Å². The molecule has 1 fully saturated rings. The second-order valence-corrected chi connectivity index (χ2v) is 5.49. The largest absolute Gasteiger partial charge is 0.385 e. The number of halogens is 1. The molecule has 0 atom stereocenters. The van der Waals surface area contributed by atoms with Crippen molar-refractivity contribution in [2.24, 2.45) is 4.99 Å². The highest BCUT2D eigenvalue weighted by Gasteiger charge is 2.44. The SMILES string of the molecule is CN=C(NCCCOC)NCC1(c2ccc(F)cc2)CC1. The Kier molecular flexibility index (Phi) is 5.56. The van der Waals surface area contributed by atoms with E-state index in [9.17, 15) is 4.39 Å². The Bertz CT molecular complexity index is 469. The van der Waals surface area contributed by atoms with E-state index in [2.05, 4.69) is 15.6 Å². The maximum Gasteiger partial charge on any atom is 0.191 e. The molecule has 0 bridgehead atoms. The van der Waals surface area contributed by atoms with E-state index in [1.54, 1.807) is 14.2 Å². The Morgan fingerprint density at radius 3 is 2.57 bits per heavy atom. The molecule has 5 heteroatoms. The summed E-state index contributed by atoms with van der Waals surface area (Å²) in [5.41, 5.74) is 1.34. The van der Waals surface area contributed by atoms with Crippen LogP contribution in [0.3, 0.4) is 0 Å².